The topological polar surface area (TPSA) is 75.2 Å². The Morgan fingerprint density at radius 1 is 1.26 bits per heavy atom. The molecule has 23 heavy (non-hydrogen) atoms. The first-order valence-corrected chi connectivity index (χ1v) is 8.44. The maximum atomic E-state index is 11.4. The Kier molecular flexibility index (Phi) is 10.4. The summed E-state index contributed by atoms with van der Waals surface area (Å²) in [5.74, 6) is 1.57. The van der Waals surface area contributed by atoms with Gasteiger partial charge in [-0.3, -0.25) is 9.79 Å². The minimum Gasteiger partial charge on any atom is -0.382 e. The highest BCUT2D eigenvalue weighted by Crippen LogP contribution is 2.20. The van der Waals surface area contributed by atoms with E-state index in [4.69, 9.17) is 9.47 Å². The smallest absolute Gasteiger partial charge is 0.220 e. The lowest BCUT2D eigenvalue weighted by Gasteiger charge is -2.34. The predicted molar refractivity (Wildman–Crippen MR) is 91.7 cm³/mol. The molecule has 1 fully saturated rings. The molecule has 1 rings (SSSR count). The molecule has 1 aliphatic heterocycles. The van der Waals surface area contributed by atoms with Gasteiger partial charge in [0.25, 0.3) is 0 Å². The summed E-state index contributed by atoms with van der Waals surface area (Å²) in [6.45, 7) is 4.75. The van der Waals surface area contributed by atoms with Crippen LogP contribution in [0.4, 0.5) is 0 Å². The molecule has 0 bridgehead atoms. The van der Waals surface area contributed by atoms with Gasteiger partial charge in [-0.15, -0.1) is 0 Å². The zero-order valence-corrected chi connectivity index (χ0v) is 14.8. The van der Waals surface area contributed by atoms with Gasteiger partial charge in [-0.05, 0) is 25.2 Å². The molecule has 1 amide bonds. The van der Waals surface area contributed by atoms with E-state index < -0.39 is 0 Å². The van der Waals surface area contributed by atoms with Crippen molar-refractivity contribution in [1.29, 1.82) is 0 Å². The van der Waals surface area contributed by atoms with Gasteiger partial charge in [0.2, 0.25) is 5.91 Å². The maximum Gasteiger partial charge on any atom is 0.220 e. The quantitative estimate of drug-likeness (QED) is 0.365. The molecular weight excluding hydrogens is 296 g/mol. The van der Waals surface area contributed by atoms with Crippen LogP contribution in [0.2, 0.25) is 0 Å². The van der Waals surface area contributed by atoms with Gasteiger partial charge in [-0.1, -0.05) is 0 Å². The van der Waals surface area contributed by atoms with E-state index in [2.05, 4.69) is 20.5 Å². The van der Waals surface area contributed by atoms with Crippen LogP contribution in [-0.2, 0) is 14.3 Å². The molecule has 0 atom stereocenters. The van der Waals surface area contributed by atoms with Crippen LogP contribution in [0.25, 0.3) is 0 Å². The molecule has 7 nitrogen and oxygen atoms in total. The van der Waals surface area contributed by atoms with E-state index in [0.29, 0.717) is 25.6 Å². The summed E-state index contributed by atoms with van der Waals surface area (Å²) in [6.07, 6.45) is 3.65. The van der Waals surface area contributed by atoms with Crippen LogP contribution in [-0.4, -0.2) is 77.4 Å². The Hall–Kier alpha value is -1.34. The van der Waals surface area contributed by atoms with Crippen molar-refractivity contribution in [3.8, 4) is 0 Å². The van der Waals surface area contributed by atoms with Gasteiger partial charge in [-0.25, -0.2) is 0 Å². The molecule has 2 N–H and O–H groups in total. The number of nitrogens with zero attached hydrogens (tertiary/aromatic N) is 2. The lowest BCUT2D eigenvalue weighted by molar-refractivity contribution is -0.121. The highest BCUT2D eigenvalue weighted by Gasteiger charge is 2.22. The maximum absolute atomic E-state index is 11.4. The molecule has 7 heteroatoms. The van der Waals surface area contributed by atoms with E-state index in [1.807, 2.05) is 7.05 Å². The van der Waals surface area contributed by atoms with Gasteiger partial charge >= 0.3 is 0 Å². The third-order valence-electron chi connectivity index (χ3n) is 4.06. The zero-order chi connectivity index (χ0) is 16.9. The average molecular weight is 328 g/mol. The van der Waals surface area contributed by atoms with Gasteiger partial charge in [0.1, 0.15) is 0 Å². The molecule has 0 radical (unpaired) electrons. The highest BCUT2D eigenvalue weighted by atomic mass is 16.5. The summed E-state index contributed by atoms with van der Waals surface area (Å²) < 4.78 is 10.4. The van der Waals surface area contributed by atoms with Gasteiger partial charge in [-0.2, -0.15) is 0 Å². The number of aliphatic imine (C=N–C) groups is 1. The van der Waals surface area contributed by atoms with Gasteiger partial charge < -0.3 is 25.0 Å². The fourth-order valence-electron chi connectivity index (χ4n) is 2.66. The normalized spacial score (nSPS) is 16.5. The second-order valence-electron chi connectivity index (χ2n) is 5.74. The Morgan fingerprint density at radius 3 is 2.61 bits per heavy atom. The molecule has 0 unspecified atom stereocenters. The van der Waals surface area contributed by atoms with Crippen molar-refractivity contribution in [1.82, 2.24) is 15.5 Å². The number of nitrogens with one attached hydrogen (secondary N) is 2. The van der Waals surface area contributed by atoms with Crippen molar-refractivity contribution in [2.75, 3.05) is 60.7 Å². The summed E-state index contributed by atoms with van der Waals surface area (Å²) in [4.78, 5) is 18.1. The molecule has 0 aromatic carbocycles. The molecule has 0 aromatic heterocycles. The molecular formula is C16H32N4O3. The standard InChI is InChI=1S/C16H32N4O3/c1-17-15(21)13-14-5-8-20(9-6-14)16(18-2)19-7-4-10-23-12-11-22-3/h14H,4-13H2,1-3H3,(H,17,21)(H,18,19). The first-order valence-electron chi connectivity index (χ1n) is 8.44. The van der Waals surface area contributed by atoms with Crippen molar-refractivity contribution in [2.24, 2.45) is 10.9 Å². The third-order valence-corrected chi connectivity index (χ3v) is 4.06. The van der Waals surface area contributed by atoms with Crippen LogP contribution in [0.1, 0.15) is 25.7 Å². The molecule has 1 heterocycles. The summed E-state index contributed by atoms with van der Waals surface area (Å²) in [5.41, 5.74) is 0. The van der Waals surface area contributed by atoms with Crippen molar-refractivity contribution in [2.45, 2.75) is 25.7 Å². The number of likely N-dealkylation sites (tertiary alicyclic amines) is 1. The molecule has 0 aliphatic carbocycles. The predicted octanol–water partition coefficient (Wildman–Crippen LogP) is 0.463. The van der Waals surface area contributed by atoms with E-state index in [1.165, 1.54) is 0 Å². The highest BCUT2D eigenvalue weighted by molar-refractivity contribution is 5.80. The Morgan fingerprint density at radius 2 is 2.00 bits per heavy atom. The number of ether oxygens (including phenoxy) is 2. The van der Waals surface area contributed by atoms with E-state index in [-0.39, 0.29) is 5.91 Å². The molecule has 134 valence electrons. The van der Waals surface area contributed by atoms with Crippen LogP contribution in [0.15, 0.2) is 4.99 Å². The fourth-order valence-corrected chi connectivity index (χ4v) is 2.66. The average Bonchev–Trinajstić information content (AvgIpc) is 2.58. The number of rotatable bonds is 9. The third kappa shape index (κ3) is 8.18. The Bertz CT molecular complexity index is 355. The lowest BCUT2D eigenvalue weighted by atomic mass is 9.93. The minimum absolute atomic E-state index is 0.138. The van der Waals surface area contributed by atoms with Crippen LogP contribution in [0, 0.1) is 5.92 Å². The first-order chi connectivity index (χ1) is 11.2. The summed E-state index contributed by atoms with van der Waals surface area (Å²) in [6, 6.07) is 0. The van der Waals surface area contributed by atoms with E-state index in [9.17, 15) is 4.79 Å². The molecule has 0 saturated carbocycles. The number of piperidine rings is 1. The molecule has 0 aromatic rings. The SMILES string of the molecule is CN=C(NCCCOCCOC)N1CCC(CC(=O)NC)CC1. The van der Waals surface area contributed by atoms with Crippen LogP contribution in [0.5, 0.6) is 0 Å². The number of methoxy groups -OCH3 is 1. The second kappa shape index (κ2) is 12.1. The Balaban J connectivity index is 2.17. The second-order valence-corrected chi connectivity index (χ2v) is 5.74. The number of hydrogen-bond acceptors (Lipinski definition) is 4. The zero-order valence-electron chi connectivity index (χ0n) is 14.8. The molecule has 1 aliphatic rings. The molecule has 1 saturated heterocycles. The van der Waals surface area contributed by atoms with Crippen LogP contribution < -0.4 is 10.6 Å². The van der Waals surface area contributed by atoms with E-state index in [1.54, 1.807) is 14.2 Å². The number of carbonyl (C=O) groups excluding carboxylic acids is 1. The largest absolute Gasteiger partial charge is 0.382 e. The number of carbonyl (C=O) groups is 1. The first kappa shape index (κ1) is 19.7. The van der Waals surface area contributed by atoms with Crippen molar-refractivity contribution in [3.63, 3.8) is 0 Å². The lowest BCUT2D eigenvalue weighted by Crippen LogP contribution is -2.46. The number of hydrogen-bond donors (Lipinski definition) is 2. The van der Waals surface area contributed by atoms with Crippen LogP contribution in [0.3, 0.4) is 0 Å². The summed E-state index contributed by atoms with van der Waals surface area (Å²) >= 11 is 0. The van der Waals surface area contributed by atoms with Crippen molar-refractivity contribution in [3.05, 3.63) is 0 Å². The minimum atomic E-state index is 0.138. The molecule has 0 spiro atoms. The monoisotopic (exact) mass is 328 g/mol. The van der Waals surface area contributed by atoms with Crippen molar-refractivity contribution < 1.29 is 14.3 Å². The Labute approximate surface area is 139 Å². The van der Waals surface area contributed by atoms with Crippen molar-refractivity contribution >= 4 is 11.9 Å². The number of guanidine groups is 1. The van der Waals surface area contributed by atoms with Gasteiger partial charge in [0.05, 0.1) is 13.2 Å². The van der Waals surface area contributed by atoms with Gasteiger partial charge in [0, 0.05) is 53.9 Å². The summed E-state index contributed by atoms with van der Waals surface area (Å²) in [7, 11) is 5.18. The van der Waals surface area contributed by atoms with Gasteiger partial charge in [0.15, 0.2) is 5.96 Å². The fraction of sp³-hybridized carbons (Fsp3) is 0.875. The number of amides is 1. The van der Waals surface area contributed by atoms with E-state index in [0.717, 1.165) is 51.5 Å². The summed E-state index contributed by atoms with van der Waals surface area (Å²) in [5, 5.41) is 6.08. The van der Waals surface area contributed by atoms with Crippen LogP contribution >= 0.6 is 0 Å². The van der Waals surface area contributed by atoms with E-state index >= 15 is 0 Å².